The van der Waals surface area contributed by atoms with Crippen LogP contribution in [0.1, 0.15) is 12.1 Å². The molecule has 1 aliphatic heterocycles. The molecule has 7 heteroatoms. The second-order valence-electron chi connectivity index (χ2n) is 5.58. The molecule has 0 atom stereocenters. The number of aromatic nitrogens is 2. The summed E-state index contributed by atoms with van der Waals surface area (Å²) in [5.74, 6) is -0.935. The third kappa shape index (κ3) is 3.19. The third-order valence-electron chi connectivity index (χ3n) is 4.08. The fourth-order valence-electron chi connectivity index (χ4n) is 2.86. The summed E-state index contributed by atoms with van der Waals surface area (Å²) in [5.41, 5.74) is 2.04. The van der Waals surface area contributed by atoms with Gasteiger partial charge in [-0.15, -0.1) is 0 Å². The minimum Gasteiger partial charge on any atom is -0.481 e. The summed E-state index contributed by atoms with van der Waals surface area (Å²) in [6.45, 7) is 4.98. The van der Waals surface area contributed by atoms with Crippen LogP contribution in [0, 0.1) is 6.92 Å². The molecule has 1 aliphatic rings. The Morgan fingerprint density at radius 2 is 2.09 bits per heavy atom. The van der Waals surface area contributed by atoms with Gasteiger partial charge in [0.1, 0.15) is 0 Å². The van der Waals surface area contributed by atoms with Crippen LogP contribution in [0.2, 0.25) is 0 Å². The highest BCUT2D eigenvalue weighted by atomic mass is 16.5. The smallest absolute Gasteiger partial charge is 0.348 e. The van der Waals surface area contributed by atoms with Gasteiger partial charge in [0.25, 0.3) is 0 Å². The van der Waals surface area contributed by atoms with Crippen molar-refractivity contribution < 1.29 is 14.6 Å². The highest BCUT2D eigenvalue weighted by Gasteiger charge is 2.14. The van der Waals surface area contributed by atoms with Crippen molar-refractivity contribution in [3.63, 3.8) is 0 Å². The van der Waals surface area contributed by atoms with Gasteiger partial charge in [0.15, 0.2) is 0 Å². The highest BCUT2D eigenvalue weighted by molar-refractivity contribution is 5.85. The number of anilines is 1. The van der Waals surface area contributed by atoms with Crippen LogP contribution in [0.3, 0.4) is 0 Å². The average Bonchev–Trinajstić information content (AvgIpc) is 2.55. The molecule has 7 nitrogen and oxygen atoms in total. The van der Waals surface area contributed by atoms with Gasteiger partial charge in [-0.3, -0.25) is 9.36 Å². The number of morpholine rings is 1. The Bertz CT molecular complexity index is 794. The quantitative estimate of drug-likeness (QED) is 0.906. The minimum atomic E-state index is -0.935. The Kier molecular flexibility index (Phi) is 4.29. The highest BCUT2D eigenvalue weighted by Crippen LogP contribution is 2.24. The first-order valence-electron chi connectivity index (χ1n) is 7.62. The van der Waals surface area contributed by atoms with Crippen LogP contribution >= 0.6 is 0 Å². The standard InChI is InChI=1S/C16H19N3O4/c1-11-13-10-12(18-6-8-23-9-7-18)2-3-14(13)19(16(22)17-11)5-4-15(20)21/h2-3,10H,4-9H2,1H3,(H,20,21). The summed E-state index contributed by atoms with van der Waals surface area (Å²) < 4.78 is 6.80. The molecule has 1 fully saturated rings. The normalized spacial score (nSPS) is 15.1. The molecular weight excluding hydrogens is 298 g/mol. The number of aliphatic carboxylic acids is 1. The second-order valence-corrected chi connectivity index (χ2v) is 5.58. The Balaban J connectivity index is 2.04. The van der Waals surface area contributed by atoms with Crippen molar-refractivity contribution in [2.24, 2.45) is 0 Å². The lowest BCUT2D eigenvalue weighted by Crippen LogP contribution is -2.36. The van der Waals surface area contributed by atoms with E-state index in [0.717, 1.165) is 29.7 Å². The number of rotatable bonds is 4. The van der Waals surface area contributed by atoms with E-state index in [1.165, 1.54) is 4.57 Å². The lowest BCUT2D eigenvalue weighted by molar-refractivity contribution is -0.137. The monoisotopic (exact) mass is 317 g/mol. The number of nitrogens with zero attached hydrogens (tertiary/aromatic N) is 3. The number of carbonyl (C=O) groups is 1. The van der Waals surface area contributed by atoms with Gasteiger partial charge in [-0.2, -0.15) is 4.98 Å². The SMILES string of the molecule is Cc1nc(=O)n(CCC(=O)O)c2ccc(N3CCOCC3)cc12. The zero-order valence-electron chi connectivity index (χ0n) is 13.0. The second kappa shape index (κ2) is 6.37. The maximum absolute atomic E-state index is 12.1. The number of carboxylic acid groups (broad SMARTS) is 1. The van der Waals surface area contributed by atoms with Crippen molar-refractivity contribution in [2.75, 3.05) is 31.2 Å². The van der Waals surface area contributed by atoms with Crippen LogP contribution in [0.5, 0.6) is 0 Å². The Hall–Kier alpha value is -2.41. The van der Waals surface area contributed by atoms with Crippen LogP contribution < -0.4 is 10.6 Å². The van der Waals surface area contributed by atoms with E-state index in [9.17, 15) is 9.59 Å². The number of hydrogen-bond donors (Lipinski definition) is 1. The molecule has 2 heterocycles. The molecule has 122 valence electrons. The van der Waals surface area contributed by atoms with Crippen LogP contribution in [0.4, 0.5) is 5.69 Å². The molecule has 1 saturated heterocycles. The van der Waals surface area contributed by atoms with Crippen LogP contribution in [-0.4, -0.2) is 46.9 Å². The zero-order chi connectivity index (χ0) is 16.4. The fraction of sp³-hybridized carbons (Fsp3) is 0.438. The lowest BCUT2D eigenvalue weighted by Gasteiger charge is -2.29. The summed E-state index contributed by atoms with van der Waals surface area (Å²) >= 11 is 0. The van der Waals surface area contributed by atoms with E-state index in [-0.39, 0.29) is 13.0 Å². The average molecular weight is 317 g/mol. The molecule has 3 rings (SSSR count). The number of ether oxygens (including phenoxy) is 1. The predicted molar refractivity (Wildman–Crippen MR) is 86.0 cm³/mol. The minimum absolute atomic E-state index is 0.106. The summed E-state index contributed by atoms with van der Waals surface area (Å²) in [5, 5.41) is 9.73. The van der Waals surface area contributed by atoms with Gasteiger partial charge in [0.2, 0.25) is 0 Å². The Morgan fingerprint density at radius 3 is 2.78 bits per heavy atom. The van der Waals surface area contributed by atoms with E-state index in [1.807, 2.05) is 18.2 Å². The maximum Gasteiger partial charge on any atom is 0.348 e. The fourth-order valence-corrected chi connectivity index (χ4v) is 2.86. The summed E-state index contributed by atoms with van der Waals surface area (Å²) in [7, 11) is 0. The van der Waals surface area contributed by atoms with Gasteiger partial charge < -0.3 is 14.7 Å². The summed E-state index contributed by atoms with van der Waals surface area (Å²) in [4.78, 5) is 29.1. The number of carboxylic acids is 1. The molecule has 0 radical (unpaired) electrons. The van der Waals surface area contributed by atoms with Crippen molar-refractivity contribution in [1.82, 2.24) is 9.55 Å². The van der Waals surface area contributed by atoms with Crippen molar-refractivity contribution in [3.8, 4) is 0 Å². The number of hydrogen-bond acceptors (Lipinski definition) is 5. The van der Waals surface area contributed by atoms with Gasteiger partial charge in [-0.25, -0.2) is 4.79 Å². The summed E-state index contributed by atoms with van der Waals surface area (Å²) in [6, 6.07) is 5.85. The number of fused-ring (bicyclic) bond motifs is 1. The summed E-state index contributed by atoms with van der Waals surface area (Å²) in [6.07, 6.45) is -0.106. The Labute approximate surface area is 133 Å². The Morgan fingerprint density at radius 1 is 1.35 bits per heavy atom. The molecule has 23 heavy (non-hydrogen) atoms. The molecular formula is C16H19N3O4. The topological polar surface area (TPSA) is 84.7 Å². The van der Waals surface area contributed by atoms with Crippen molar-refractivity contribution in [1.29, 1.82) is 0 Å². The van der Waals surface area contributed by atoms with E-state index in [0.29, 0.717) is 18.9 Å². The van der Waals surface area contributed by atoms with Crippen molar-refractivity contribution in [3.05, 3.63) is 34.4 Å². The van der Waals surface area contributed by atoms with Gasteiger partial charge in [-0.1, -0.05) is 0 Å². The molecule has 0 aliphatic carbocycles. The molecule has 1 N–H and O–H groups in total. The van der Waals surface area contributed by atoms with E-state index in [2.05, 4.69) is 9.88 Å². The van der Waals surface area contributed by atoms with E-state index in [1.54, 1.807) is 6.92 Å². The van der Waals surface area contributed by atoms with Gasteiger partial charge in [0, 0.05) is 30.7 Å². The number of benzene rings is 1. The van der Waals surface area contributed by atoms with Gasteiger partial charge >= 0.3 is 11.7 Å². The molecule has 0 unspecified atom stereocenters. The molecule has 1 aromatic heterocycles. The zero-order valence-corrected chi connectivity index (χ0v) is 13.0. The predicted octanol–water partition coefficient (Wildman–Crippen LogP) is 1.02. The van der Waals surface area contributed by atoms with E-state index in [4.69, 9.17) is 9.84 Å². The van der Waals surface area contributed by atoms with Crippen LogP contribution in [0.15, 0.2) is 23.0 Å². The lowest BCUT2D eigenvalue weighted by atomic mass is 10.1. The van der Waals surface area contributed by atoms with Gasteiger partial charge in [0.05, 0.1) is 30.8 Å². The molecule has 2 aromatic rings. The molecule has 0 spiro atoms. The largest absolute Gasteiger partial charge is 0.481 e. The van der Waals surface area contributed by atoms with Gasteiger partial charge in [-0.05, 0) is 25.1 Å². The van der Waals surface area contributed by atoms with Crippen LogP contribution in [0.25, 0.3) is 10.9 Å². The number of aryl methyl sites for hydroxylation is 2. The molecule has 0 amide bonds. The van der Waals surface area contributed by atoms with E-state index >= 15 is 0 Å². The molecule has 1 aromatic carbocycles. The molecule has 0 bridgehead atoms. The van der Waals surface area contributed by atoms with Crippen molar-refractivity contribution in [2.45, 2.75) is 19.9 Å². The molecule has 0 saturated carbocycles. The third-order valence-corrected chi connectivity index (χ3v) is 4.08. The maximum atomic E-state index is 12.1. The van der Waals surface area contributed by atoms with Crippen LogP contribution in [-0.2, 0) is 16.1 Å². The first-order chi connectivity index (χ1) is 11.1. The van der Waals surface area contributed by atoms with E-state index < -0.39 is 11.7 Å². The first-order valence-corrected chi connectivity index (χ1v) is 7.62. The van der Waals surface area contributed by atoms with Crippen molar-refractivity contribution >= 4 is 22.6 Å². The first kappa shape index (κ1) is 15.5.